The van der Waals surface area contributed by atoms with Crippen molar-refractivity contribution < 1.29 is 19.0 Å². The summed E-state index contributed by atoms with van der Waals surface area (Å²) in [5, 5.41) is 16.0. The number of aromatic nitrogens is 2. The van der Waals surface area contributed by atoms with Gasteiger partial charge in [0.1, 0.15) is 17.8 Å². The molecular formula is C39H42N2O6Si. The van der Waals surface area contributed by atoms with Gasteiger partial charge >= 0.3 is 5.69 Å². The summed E-state index contributed by atoms with van der Waals surface area (Å²) < 4.78 is 21.9. The lowest BCUT2D eigenvalue weighted by Gasteiger charge is -2.46. The fraction of sp³-hybridized carbons (Fsp3) is 0.282. The summed E-state index contributed by atoms with van der Waals surface area (Å²) in [7, 11) is -3.07. The highest BCUT2D eigenvalue weighted by atomic mass is 28.4. The van der Waals surface area contributed by atoms with Crippen LogP contribution < -0.4 is 21.6 Å². The molecule has 5 aromatic rings. The molecule has 0 unspecified atom stereocenters. The third-order valence-electron chi connectivity index (χ3n) is 9.40. The molecule has 4 aromatic carbocycles. The Balaban J connectivity index is 1.45. The minimum Gasteiger partial charge on any atom is -0.404 e. The van der Waals surface area contributed by atoms with Crippen LogP contribution >= 0.6 is 0 Å². The van der Waals surface area contributed by atoms with Gasteiger partial charge in [-0.15, -0.1) is 0 Å². The van der Waals surface area contributed by atoms with E-state index in [0.717, 1.165) is 26.7 Å². The summed E-state index contributed by atoms with van der Waals surface area (Å²) in [6.45, 7) is 12.9. The molecule has 1 saturated heterocycles. The first kappa shape index (κ1) is 33.5. The normalized spacial score (nSPS) is 21.4. The van der Waals surface area contributed by atoms with Crippen LogP contribution in [0.25, 0.3) is 10.8 Å². The first-order chi connectivity index (χ1) is 23.0. The molecule has 0 aliphatic carbocycles. The van der Waals surface area contributed by atoms with E-state index >= 15 is 0 Å². The maximum Gasteiger partial charge on any atom is 0.330 e. The Hall–Kier alpha value is -4.38. The molecular weight excluding hydrogens is 621 g/mol. The summed E-state index contributed by atoms with van der Waals surface area (Å²) in [6, 6.07) is 35.9. The van der Waals surface area contributed by atoms with Gasteiger partial charge in [0, 0.05) is 12.3 Å². The second-order valence-electron chi connectivity index (χ2n) is 13.6. The van der Waals surface area contributed by atoms with E-state index in [-0.39, 0.29) is 18.3 Å². The number of aliphatic hydroxyl groups is 1. The first-order valence-electron chi connectivity index (χ1n) is 16.1. The molecule has 0 amide bonds. The Bertz CT molecular complexity index is 1980. The molecule has 6 rings (SSSR count). The number of ether oxygens (including phenoxy) is 2. The van der Waals surface area contributed by atoms with Gasteiger partial charge in [0.25, 0.3) is 13.9 Å². The predicted molar refractivity (Wildman–Crippen MR) is 191 cm³/mol. The van der Waals surface area contributed by atoms with Gasteiger partial charge in [-0.25, -0.2) is 4.79 Å². The number of nitrogens with zero attached hydrogens (tertiary/aromatic N) is 1. The van der Waals surface area contributed by atoms with Crippen molar-refractivity contribution >= 4 is 29.5 Å². The van der Waals surface area contributed by atoms with Crippen LogP contribution in [0.1, 0.15) is 39.5 Å². The Morgan fingerprint density at radius 1 is 0.917 bits per heavy atom. The van der Waals surface area contributed by atoms with E-state index in [1.165, 1.54) is 16.8 Å². The zero-order valence-corrected chi connectivity index (χ0v) is 28.8. The minimum atomic E-state index is -3.07. The minimum absolute atomic E-state index is 0.0103. The fourth-order valence-corrected chi connectivity index (χ4v) is 11.5. The Morgan fingerprint density at radius 3 is 2.10 bits per heavy atom. The van der Waals surface area contributed by atoms with Crippen molar-refractivity contribution in [3.8, 4) is 0 Å². The second-order valence-corrected chi connectivity index (χ2v) is 17.9. The molecule has 48 heavy (non-hydrogen) atoms. The van der Waals surface area contributed by atoms with Gasteiger partial charge in [-0.3, -0.25) is 14.3 Å². The molecule has 9 heteroatoms. The quantitative estimate of drug-likeness (QED) is 0.160. The molecule has 1 aliphatic heterocycles. The van der Waals surface area contributed by atoms with Crippen molar-refractivity contribution in [2.45, 2.75) is 63.4 Å². The number of hydrogen-bond acceptors (Lipinski definition) is 6. The smallest absolute Gasteiger partial charge is 0.330 e. The Kier molecular flexibility index (Phi) is 9.26. The molecule has 0 spiro atoms. The van der Waals surface area contributed by atoms with E-state index in [9.17, 15) is 14.7 Å². The average Bonchev–Trinajstić information content (AvgIpc) is 3.36. The van der Waals surface area contributed by atoms with Crippen LogP contribution in [0.4, 0.5) is 0 Å². The number of aliphatic hydroxyl groups excluding tert-OH is 1. The molecule has 2 heterocycles. The summed E-state index contributed by atoms with van der Waals surface area (Å²) in [5.41, 5.74) is -1.14. The molecule has 0 bridgehead atoms. The van der Waals surface area contributed by atoms with Gasteiger partial charge in [0.15, 0.2) is 6.23 Å². The molecule has 8 nitrogen and oxygen atoms in total. The van der Waals surface area contributed by atoms with Crippen molar-refractivity contribution in [3.63, 3.8) is 0 Å². The summed E-state index contributed by atoms with van der Waals surface area (Å²) >= 11 is 0. The van der Waals surface area contributed by atoms with E-state index in [0.29, 0.717) is 5.57 Å². The number of H-pyrrole nitrogens is 1. The van der Waals surface area contributed by atoms with Crippen LogP contribution in [0.2, 0.25) is 5.04 Å². The number of nitrogens with one attached hydrogen (secondary N) is 1. The van der Waals surface area contributed by atoms with Crippen molar-refractivity contribution in [2.75, 3.05) is 6.61 Å². The van der Waals surface area contributed by atoms with Crippen LogP contribution in [-0.2, 0) is 20.5 Å². The Labute approximate surface area is 281 Å². The van der Waals surface area contributed by atoms with Gasteiger partial charge in [-0.05, 0) is 50.3 Å². The standard InChI is InChI=1S/C39H42N2O6Si/c1-27(2)39(26-46-48(38(3,4)5,31-16-8-6-9-17-31)32-18-10-7-11-19-32)35(34(43)36(47-39)41-23-22-33(42)40-37(41)44)45-25-28-20-21-29-14-12-13-15-30(29)24-28/h6-24,34-36,43H,1,25-26H2,2-5H3,(H,40,42,44)/t34-,35+,36-,39+/m1/s1. The number of benzene rings is 4. The summed E-state index contributed by atoms with van der Waals surface area (Å²) in [5.74, 6) is 0. The van der Waals surface area contributed by atoms with E-state index in [1.54, 1.807) is 0 Å². The highest BCUT2D eigenvalue weighted by Crippen LogP contribution is 2.45. The lowest BCUT2D eigenvalue weighted by molar-refractivity contribution is -0.118. The number of aromatic amines is 1. The molecule has 4 atom stereocenters. The lowest BCUT2D eigenvalue weighted by Crippen LogP contribution is -2.68. The van der Waals surface area contributed by atoms with Crippen LogP contribution in [0.3, 0.4) is 0 Å². The zero-order valence-electron chi connectivity index (χ0n) is 27.8. The maximum atomic E-state index is 13.0. The van der Waals surface area contributed by atoms with E-state index in [2.05, 4.69) is 68.7 Å². The van der Waals surface area contributed by atoms with E-state index < -0.39 is 43.6 Å². The molecule has 1 fully saturated rings. The maximum absolute atomic E-state index is 13.0. The van der Waals surface area contributed by atoms with Gasteiger partial charge in [-0.2, -0.15) is 0 Å². The highest BCUT2D eigenvalue weighted by Gasteiger charge is 2.60. The van der Waals surface area contributed by atoms with E-state index in [4.69, 9.17) is 13.9 Å². The average molecular weight is 663 g/mol. The third kappa shape index (κ3) is 6.04. The van der Waals surface area contributed by atoms with Crippen LogP contribution in [0.5, 0.6) is 0 Å². The fourth-order valence-electron chi connectivity index (χ4n) is 6.93. The first-order valence-corrected chi connectivity index (χ1v) is 18.0. The van der Waals surface area contributed by atoms with Crippen LogP contribution in [0, 0.1) is 0 Å². The van der Waals surface area contributed by atoms with Crippen LogP contribution in [-0.4, -0.2) is 47.4 Å². The summed E-state index contributed by atoms with van der Waals surface area (Å²) in [6.07, 6.45) is -2.15. The highest BCUT2D eigenvalue weighted by molar-refractivity contribution is 6.99. The van der Waals surface area contributed by atoms with Gasteiger partial charge < -0.3 is 19.0 Å². The largest absolute Gasteiger partial charge is 0.404 e. The van der Waals surface area contributed by atoms with Crippen molar-refractivity contribution in [3.05, 3.63) is 154 Å². The Morgan fingerprint density at radius 2 is 1.52 bits per heavy atom. The van der Waals surface area contributed by atoms with Crippen molar-refractivity contribution in [2.24, 2.45) is 0 Å². The van der Waals surface area contributed by atoms with E-state index in [1.807, 2.05) is 73.7 Å². The monoisotopic (exact) mass is 662 g/mol. The molecule has 1 aromatic heterocycles. The topological polar surface area (TPSA) is 103 Å². The molecule has 248 valence electrons. The SMILES string of the molecule is C=C(C)[C@]1(CO[Si](c2ccccc2)(c2ccccc2)C(C)(C)C)O[C@@H](n2ccc(=O)[nH]c2=O)[C@H](O)[C@@H]1OCc1ccc2ccccc2c1. The van der Waals surface area contributed by atoms with Gasteiger partial charge in [0.2, 0.25) is 0 Å². The molecule has 0 saturated carbocycles. The number of rotatable bonds is 10. The van der Waals surface area contributed by atoms with Crippen LogP contribution in [0.15, 0.2) is 137 Å². The predicted octanol–water partition coefficient (Wildman–Crippen LogP) is 5.06. The van der Waals surface area contributed by atoms with Gasteiger partial charge in [0.05, 0.1) is 13.2 Å². The molecule has 0 radical (unpaired) electrons. The lowest BCUT2D eigenvalue weighted by atomic mass is 9.89. The molecule has 1 aliphatic rings. The third-order valence-corrected chi connectivity index (χ3v) is 14.4. The van der Waals surface area contributed by atoms with Crippen molar-refractivity contribution in [1.82, 2.24) is 9.55 Å². The zero-order chi connectivity index (χ0) is 34.1. The molecule has 2 N–H and O–H groups in total. The summed E-state index contributed by atoms with van der Waals surface area (Å²) in [4.78, 5) is 27.2. The number of hydrogen-bond donors (Lipinski definition) is 2. The van der Waals surface area contributed by atoms with Gasteiger partial charge in [-0.1, -0.05) is 124 Å². The number of fused-ring (bicyclic) bond motifs is 1. The second kappa shape index (κ2) is 13.3. The van der Waals surface area contributed by atoms with Crippen molar-refractivity contribution in [1.29, 1.82) is 0 Å².